The van der Waals surface area contributed by atoms with Gasteiger partial charge in [0.1, 0.15) is 0 Å². The molecule has 0 fully saturated rings. The lowest BCUT2D eigenvalue weighted by atomic mass is 9.90. The van der Waals surface area contributed by atoms with Crippen molar-refractivity contribution in [3.05, 3.63) is 48.0 Å². The third-order valence-corrected chi connectivity index (χ3v) is 2.69. The Balaban J connectivity index is 2.22. The number of hydrogen-bond donors (Lipinski definition) is 0. The molecule has 0 aliphatic heterocycles. The average molecular weight is 158 g/mol. The smallest absolute Gasteiger partial charge is 0.00671 e. The van der Waals surface area contributed by atoms with E-state index in [1.807, 2.05) is 0 Å². The van der Waals surface area contributed by atoms with Gasteiger partial charge in [-0.05, 0) is 23.8 Å². The monoisotopic (exact) mass is 158 g/mol. The summed E-state index contributed by atoms with van der Waals surface area (Å²) in [6, 6.07) is 10.8. The average Bonchev–Trinajstić information content (AvgIpc) is 2.53. The molecule has 0 saturated carbocycles. The fraction of sp³-hybridized carbons (Fsp3) is 0.333. The highest BCUT2D eigenvalue weighted by Crippen LogP contribution is 2.33. The van der Waals surface area contributed by atoms with Crippen molar-refractivity contribution in [3.63, 3.8) is 0 Å². The highest BCUT2D eigenvalue weighted by Gasteiger charge is 2.19. The van der Waals surface area contributed by atoms with Crippen LogP contribution in [-0.4, -0.2) is 0 Å². The van der Waals surface area contributed by atoms with Gasteiger partial charge in [0.15, 0.2) is 0 Å². The van der Waals surface area contributed by atoms with Crippen molar-refractivity contribution >= 4 is 0 Å². The molecule has 2 rings (SSSR count). The van der Waals surface area contributed by atoms with Crippen LogP contribution in [0.1, 0.15) is 24.8 Å². The molecule has 0 heteroatoms. The molecule has 0 heterocycles. The van der Waals surface area contributed by atoms with E-state index in [0.29, 0.717) is 5.92 Å². The fourth-order valence-electron chi connectivity index (χ4n) is 1.93. The maximum absolute atomic E-state index is 2.32. The molecule has 2 atom stereocenters. The zero-order chi connectivity index (χ0) is 8.39. The Morgan fingerprint density at radius 2 is 1.92 bits per heavy atom. The van der Waals surface area contributed by atoms with Crippen LogP contribution in [0, 0.1) is 5.92 Å². The summed E-state index contributed by atoms with van der Waals surface area (Å²) in [6.07, 6.45) is 5.82. The van der Waals surface area contributed by atoms with E-state index in [-0.39, 0.29) is 0 Å². The molecule has 0 nitrogen and oxygen atoms in total. The van der Waals surface area contributed by atoms with Crippen LogP contribution in [-0.2, 0) is 0 Å². The lowest BCUT2D eigenvalue weighted by Gasteiger charge is -2.14. The lowest BCUT2D eigenvalue weighted by Crippen LogP contribution is -2.01. The number of hydrogen-bond acceptors (Lipinski definition) is 0. The topological polar surface area (TPSA) is 0 Å². The van der Waals surface area contributed by atoms with Crippen molar-refractivity contribution in [2.24, 2.45) is 5.92 Å². The molecule has 62 valence electrons. The normalized spacial score (nSPS) is 27.8. The highest BCUT2D eigenvalue weighted by atomic mass is 14.2. The third kappa shape index (κ3) is 1.29. The van der Waals surface area contributed by atoms with E-state index in [2.05, 4.69) is 49.4 Å². The van der Waals surface area contributed by atoms with Gasteiger partial charge in [-0.25, -0.2) is 0 Å². The van der Waals surface area contributed by atoms with Crippen molar-refractivity contribution in [2.45, 2.75) is 19.3 Å². The quantitative estimate of drug-likeness (QED) is 0.550. The van der Waals surface area contributed by atoms with Crippen molar-refractivity contribution in [1.82, 2.24) is 0 Å². The molecule has 1 aromatic carbocycles. The van der Waals surface area contributed by atoms with Gasteiger partial charge < -0.3 is 0 Å². The summed E-state index contributed by atoms with van der Waals surface area (Å²) >= 11 is 0. The summed E-state index contributed by atoms with van der Waals surface area (Å²) in [7, 11) is 0. The second-order valence-electron chi connectivity index (χ2n) is 3.54. The predicted octanol–water partition coefficient (Wildman–Crippen LogP) is 3.37. The Morgan fingerprint density at radius 3 is 2.50 bits per heavy atom. The van der Waals surface area contributed by atoms with Gasteiger partial charge in [-0.1, -0.05) is 49.4 Å². The van der Waals surface area contributed by atoms with Gasteiger partial charge in [0.25, 0.3) is 0 Å². The van der Waals surface area contributed by atoms with Crippen molar-refractivity contribution < 1.29 is 0 Å². The number of benzene rings is 1. The fourth-order valence-corrected chi connectivity index (χ4v) is 1.93. The molecule has 0 spiro atoms. The van der Waals surface area contributed by atoms with E-state index in [1.165, 1.54) is 12.0 Å². The van der Waals surface area contributed by atoms with Gasteiger partial charge in [-0.2, -0.15) is 0 Å². The molecule has 0 radical (unpaired) electrons. The lowest BCUT2D eigenvalue weighted by molar-refractivity contribution is 0.588. The molecular weight excluding hydrogens is 144 g/mol. The molecule has 0 bridgehead atoms. The van der Waals surface area contributed by atoms with Crippen LogP contribution in [0.5, 0.6) is 0 Å². The van der Waals surface area contributed by atoms with Crippen LogP contribution in [0.4, 0.5) is 0 Å². The number of rotatable bonds is 1. The molecule has 0 aromatic heterocycles. The van der Waals surface area contributed by atoms with Gasteiger partial charge in [0.2, 0.25) is 0 Å². The second-order valence-corrected chi connectivity index (χ2v) is 3.54. The van der Waals surface area contributed by atoms with Crippen molar-refractivity contribution in [1.29, 1.82) is 0 Å². The predicted molar refractivity (Wildman–Crippen MR) is 52.1 cm³/mol. The Kier molecular flexibility index (Phi) is 1.99. The molecule has 0 saturated heterocycles. The van der Waals surface area contributed by atoms with Gasteiger partial charge in [-0.3, -0.25) is 0 Å². The summed E-state index contributed by atoms with van der Waals surface area (Å²) in [4.78, 5) is 0. The van der Waals surface area contributed by atoms with Gasteiger partial charge in [-0.15, -0.1) is 0 Å². The zero-order valence-corrected chi connectivity index (χ0v) is 7.40. The first-order chi connectivity index (χ1) is 5.88. The first kappa shape index (κ1) is 7.60. The minimum absolute atomic E-state index is 0.715. The van der Waals surface area contributed by atoms with Crippen LogP contribution in [0.2, 0.25) is 0 Å². The van der Waals surface area contributed by atoms with E-state index >= 15 is 0 Å². The molecule has 2 unspecified atom stereocenters. The summed E-state index contributed by atoms with van der Waals surface area (Å²) in [5.41, 5.74) is 1.48. The van der Waals surface area contributed by atoms with E-state index in [9.17, 15) is 0 Å². The zero-order valence-electron chi connectivity index (χ0n) is 7.40. The maximum atomic E-state index is 2.32. The minimum Gasteiger partial charge on any atom is -0.0876 e. The Bertz CT molecular complexity index is 271. The van der Waals surface area contributed by atoms with Gasteiger partial charge in [0.05, 0.1) is 0 Å². The van der Waals surface area contributed by atoms with E-state index in [4.69, 9.17) is 0 Å². The van der Waals surface area contributed by atoms with Crippen LogP contribution in [0.25, 0.3) is 0 Å². The van der Waals surface area contributed by atoms with E-state index in [0.717, 1.165) is 5.92 Å². The largest absolute Gasteiger partial charge is 0.0876 e. The molecule has 1 aliphatic carbocycles. The maximum Gasteiger partial charge on any atom is -0.00671 e. The van der Waals surface area contributed by atoms with Crippen LogP contribution in [0.3, 0.4) is 0 Å². The molecular formula is C12H14. The van der Waals surface area contributed by atoms with Crippen molar-refractivity contribution in [3.8, 4) is 0 Å². The van der Waals surface area contributed by atoms with E-state index in [1.54, 1.807) is 0 Å². The van der Waals surface area contributed by atoms with Gasteiger partial charge >= 0.3 is 0 Å². The summed E-state index contributed by atoms with van der Waals surface area (Å²) in [6.45, 7) is 2.29. The second kappa shape index (κ2) is 3.14. The Morgan fingerprint density at radius 1 is 1.17 bits per heavy atom. The third-order valence-electron chi connectivity index (χ3n) is 2.69. The Labute approximate surface area is 73.9 Å². The SMILES string of the molecule is CC1C=CCC1c1ccccc1. The molecule has 1 aliphatic rings. The molecule has 0 amide bonds. The summed E-state index contributed by atoms with van der Waals surface area (Å²) < 4.78 is 0. The van der Waals surface area contributed by atoms with Crippen LogP contribution < -0.4 is 0 Å². The first-order valence-corrected chi connectivity index (χ1v) is 4.59. The van der Waals surface area contributed by atoms with Crippen molar-refractivity contribution in [2.75, 3.05) is 0 Å². The van der Waals surface area contributed by atoms with E-state index < -0.39 is 0 Å². The minimum atomic E-state index is 0.715. The Hall–Kier alpha value is -1.04. The summed E-state index contributed by atoms with van der Waals surface area (Å²) in [5.74, 6) is 1.44. The molecule has 12 heavy (non-hydrogen) atoms. The molecule has 0 N–H and O–H groups in total. The highest BCUT2D eigenvalue weighted by molar-refractivity contribution is 5.24. The van der Waals surface area contributed by atoms with Gasteiger partial charge in [0, 0.05) is 0 Å². The van der Waals surface area contributed by atoms with Crippen LogP contribution >= 0.6 is 0 Å². The number of allylic oxidation sites excluding steroid dienone is 2. The first-order valence-electron chi connectivity index (χ1n) is 4.59. The summed E-state index contributed by atoms with van der Waals surface area (Å²) in [5, 5.41) is 0. The standard InChI is InChI=1S/C12H14/c1-10-6-5-9-12(10)11-7-3-2-4-8-11/h2-8,10,12H,9H2,1H3. The molecule has 1 aromatic rings. The van der Waals surface area contributed by atoms with Crippen LogP contribution in [0.15, 0.2) is 42.5 Å².